The molecule has 2 aromatic rings. The molecule has 32 heavy (non-hydrogen) atoms. The largest absolute Gasteiger partial charge is 0.334 e. The number of urea groups is 1. The van der Waals surface area contributed by atoms with E-state index in [2.05, 4.69) is 10.6 Å². The van der Waals surface area contributed by atoms with Crippen molar-refractivity contribution in [3.05, 3.63) is 65.2 Å². The molecule has 9 heteroatoms. The second kappa shape index (κ2) is 10.7. The third kappa shape index (κ3) is 6.38. The quantitative estimate of drug-likeness (QED) is 0.662. The number of carbonyl (C=O) groups excluding carboxylic acids is 2. The molecule has 0 aliphatic carbocycles. The van der Waals surface area contributed by atoms with Gasteiger partial charge in [0.1, 0.15) is 0 Å². The van der Waals surface area contributed by atoms with E-state index >= 15 is 0 Å². The molecule has 1 fully saturated rings. The van der Waals surface area contributed by atoms with Gasteiger partial charge in [-0.3, -0.25) is 10.1 Å². The summed E-state index contributed by atoms with van der Waals surface area (Å²) in [6.45, 7) is 6.38. The monoisotopic (exact) mass is 458 g/mol. The third-order valence-corrected chi connectivity index (χ3v) is 7.54. The number of rotatable bonds is 7. The predicted octanol–water partition coefficient (Wildman–Crippen LogP) is 2.03. The van der Waals surface area contributed by atoms with Gasteiger partial charge in [0, 0.05) is 45.7 Å². The van der Waals surface area contributed by atoms with Gasteiger partial charge < -0.3 is 10.2 Å². The van der Waals surface area contributed by atoms with Crippen LogP contribution < -0.4 is 10.6 Å². The first-order valence-electron chi connectivity index (χ1n) is 10.7. The fourth-order valence-electron chi connectivity index (χ4n) is 3.69. The van der Waals surface area contributed by atoms with Gasteiger partial charge >= 0.3 is 6.03 Å². The van der Waals surface area contributed by atoms with Crippen LogP contribution in [0.3, 0.4) is 0 Å². The predicted molar refractivity (Wildman–Crippen MR) is 123 cm³/mol. The van der Waals surface area contributed by atoms with Gasteiger partial charge in [0.25, 0.3) is 0 Å². The maximum Gasteiger partial charge on any atom is 0.321 e. The van der Waals surface area contributed by atoms with Crippen LogP contribution in [0.5, 0.6) is 0 Å². The molecule has 1 aliphatic heterocycles. The number of sulfonamides is 1. The molecular weight excluding hydrogens is 428 g/mol. The van der Waals surface area contributed by atoms with Crippen molar-refractivity contribution in [1.29, 1.82) is 0 Å². The summed E-state index contributed by atoms with van der Waals surface area (Å²) in [4.78, 5) is 26.3. The maximum absolute atomic E-state index is 13.0. The van der Waals surface area contributed by atoms with Crippen molar-refractivity contribution in [2.75, 3.05) is 32.7 Å². The standard InChI is InChI=1S/C23H30N4O4S/c1-18-8-9-21(19(2)16-18)32(30,31)27-14-12-26(13-15-27)11-10-22(28)25-23(29)24-17-20-6-4-3-5-7-20/h3-9,16H,10-15,17H2,1-2H3,(H2,24,25,28,29). The van der Waals surface area contributed by atoms with Crippen molar-refractivity contribution in [1.82, 2.24) is 19.8 Å². The number of benzene rings is 2. The molecule has 0 saturated carbocycles. The van der Waals surface area contributed by atoms with Crippen LogP contribution >= 0.6 is 0 Å². The Morgan fingerprint density at radius 2 is 1.66 bits per heavy atom. The summed E-state index contributed by atoms with van der Waals surface area (Å²) in [6, 6.07) is 14.3. The molecule has 0 spiro atoms. The summed E-state index contributed by atoms with van der Waals surface area (Å²) in [5.41, 5.74) is 2.72. The topological polar surface area (TPSA) is 98.8 Å². The van der Waals surface area contributed by atoms with E-state index in [9.17, 15) is 18.0 Å². The van der Waals surface area contributed by atoms with Crippen molar-refractivity contribution >= 4 is 22.0 Å². The van der Waals surface area contributed by atoms with E-state index in [1.165, 1.54) is 4.31 Å². The normalized spacial score (nSPS) is 15.3. The molecule has 0 atom stereocenters. The van der Waals surface area contributed by atoms with Crippen molar-refractivity contribution < 1.29 is 18.0 Å². The minimum Gasteiger partial charge on any atom is -0.334 e. The van der Waals surface area contributed by atoms with Crippen molar-refractivity contribution in [3.8, 4) is 0 Å². The van der Waals surface area contributed by atoms with Gasteiger partial charge in [-0.2, -0.15) is 4.31 Å². The molecule has 2 N–H and O–H groups in total. The summed E-state index contributed by atoms with van der Waals surface area (Å²) in [5, 5.41) is 4.99. The molecular formula is C23H30N4O4S. The van der Waals surface area contributed by atoms with Crippen LogP contribution in [0.25, 0.3) is 0 Å². The number of nitrogens with one attached hydrogen (secondary N) is 2. The zero-order valence-electron chi connectivity index (χ0n) is 18.5. The lowest BCUT2D eigenvalue weighted by atomic mass is 10.2. The Bertz CT molecular complexity index is 1050. The minimum atomic E-state index is -3.53. The molecule has 172 valence electrons. The van der Waals surface area contributed by atoms with Crippen LogP contribution in [-0.2, 0) is 21.4 Å². The van der Waals surface area contributed by atoms with Gasteiger partial charge in [-0.1, -0.05) is 48.0 Å². The molecule has 2 aromatic carbocycles. The van der Waals surface area contributed by atoms with Gasteiger partial charge in [0.05, 0.1) is 4.90 Å². The summed E-state index contributed by atoms with van der Waals surface area (Å²) < 4.78 is 27.5. The lowest BCUT2D eigenvalue weighted by Gasteiger charge is -2.34. The Morgan fingerprint density at radius 1 is 0.969 bits per heavy atom. The number of hydrogen-bond acceptors (Lipinski definition) is 5. The smallest absolute Gasteiger partial charge is 0.321 e. The van der Waals surface area contributed by atoms with Crippen LogP contribution in [0.15, 0.2) is 53.4 Å². The molecule has 1 heterocycles. The van der Waals surface area contributed by atoms with Crippen LogP contribution in [0, 0.1) is 13.8 Å². The van der Waals surface area contributed by atoms with E-state index in [-0.39, 0.29) is 12.3 Å². The molecule has 0 aromatic heterocycles. The first-order chi connectivity index (χ1) is 15.3. The Hall–Kier alpha value is -2.75. The molecule has 0 unspecified atom stereocenters. The summed E-state index contributed by atoms with van der Waals surface area (Å²) in [5.74, 6) is -0.360. The number of piperazine rings is 1. The first kappa shape index (κ1) is 23.9. The molecule has 0 radical (unpaired) electrons. The van der Waals surface area contributed by atoms with Gasteiger partial charge in [-0.25, -0.2) is 13.2 Å². The van der Waals surface area contributed by atoms with Crippen LogP contribution in [0.2, 0.25) is 0 Å². The average Bonchev–Trinajstić information content (AvgIpc) is 2.77. The lowest BCUT2D eigenvalue weighted by molar-refractivity contribution is -0.120. The van der Waals surface area contributed by atoms with E-state index in [4.69, 9.17) is 0 Å². The molecule has 3 rings (SSSR count). The van der Waals surface area contributed by atoms with Gasteiger partial charge in [0.15, 0.2) is 0 Å². The highest BCUT2D eigenvalue weighted by atomic mass is 32.2. The Balaban J connectivity index is 1.41. The second-order valence-electron chi connectivity index (χ2n) is 7.98. The second-order valence-corrected chi connectivity index (χ2v) is 9.89. The number of nitrogens with zero attached hydrogens (tertiary/aromatic N) is 2. The van der Waals surface area contributed by atoms with Crippen LogP contribution in [-0.4, -0.2) is 62.3 Å². The summed E-state index contributed by atoms with van der Waals surface area (Å²) in [7, 11) is -3.53. The lowest BCUT2D eigenvalue weighted by Crippen LogP contribution is -2.49. The Kier molecular flexibility index (Phi) is 8.00. The fourth-order valence-corrected chi connectivity index (χ4v) is 5.32. The van der Waals surface area contributed by atoms with Gasteiger partial charge in [-0.15, -0.1) is 0 Å². The van der Waals surface area contributed by atoms with Crippen molar-refractivity contribution in [2.24, 2.45) is 0 Å². The third-order valence-electron chi connectivity index (χ3n) is 5.48. The number of aryl methyl sites for hydroxylation is 2. The fraction of sp³-hybridized carbons (Fsp3) is 0.391. The van der Waals surface area contributed by atoms with E-state index in [1.54, 1.807) is 6.07 Å². The maximum atomic E-state index is 13.0. The zero-order valence-corrected chi connectivity index (χ0v) is 19.3. The molecule has 1 aliphatic rings. The number of imide groups is 1. The molecule has 8 nitrogen and oxygen atoms in total. The highest BCUT2D eigenvalue weighted by molar-refractivity contribution is 7.89. The number of hydrogen-bond donors (Lipinski definition) is 2. The van der Waals surface area contributed by atoms with Gasteiger partial charge in [0.2, 0.25) is 15.9 Å². The Morgan fingerprint density at radius 3 is 2.31 bits per heavy atom. The number of amides is 3. The summed E-state index contributed by atoms with van der Waals surface area (Å²) in [6.07, 6.45) is 0.169. The first-order valence-corrected chi connectivity index (χ1v) is 12.1. The summed E-state index contributed by atoms with van der Waals surface area (Å²) >= 11 is 0. The van der Waals surface area contributed by atoms with Crippen molar-refractivity contribution in [2.45, 2.75) is 31.7 Å². The zero-order chi connectivity index (χ0) is 23.1. The van der Waals surface area contributed by atoms with E-state index in [0.717, 1.165) is 16.7 Å². The molecule has 3 amide bonds. The van der Waals surface area contributed by atoms with E-state index < -0.39 is 16.1 Å². The highest BCUT2D eigenvalue weighted by Gasteiger charge is 2.29. The van der Waals surface area contributed by atoms with Crippen molar-refractivity contribution in [3.63, 3.8) is 0 Å². The van der Waals surface area contributed by atoms with Crippen LogP contribution in [0.1, 0.15) is 23.1 Å². The van der Waals surface area contributed by atoms with Gasteiger partial charge in [-0.05, 0) is 31.0 Å². The average molecular weight is 459 g/mol. The van der Waals surface area contributed by atoms with E-state index in [1.807, 2.05) is 61.2 Å². The number of carbonyl (C=O) groups is 2. The SMILES string of the molecule is Cc1ccc(S(=O)(=O)N2CCN(CCC(=O)NC(=O)NCc3ccccc3)CC2)c(C)c1. The highest BCUT2D eigenvalue weighted by Crippen LogP contribution is 2.22. The molecule has 0 bridgehead atoms. The van der Waals surface area contributed by atoms with Crippen LogP contribution in [0.4, 0.5) is 4.79 Å². The minimum absolute atomic E-state index is 0.169. The van der Waals surface area contributed by atoms with E-state index in [0.29, 0.717) is 44.2 Å². The Labute approximate surface area is 189 Å². The molecule has 1 saturated heterocycles.